The molecule has 1 saturated heterocycles. The van der Waals surface area contributed by atoms with E-state index in [1.165, 1.54) is 0 Å². The Hall–Kier alpha value is -3.03. The highest BCUT2D eigenvalue weighted by Crippen LogP contribution is 2.34. The standard InChI is InChI=1S/C22H23N5O2.ClH/c1-2-29-21-20-19(25-22(26-21)27-11-9-23-10-12-27)17-8-5-15(13-18(17)24-20)14-3-6-16(28)7-4-14;/h3-8,13,23-24,28H,2,9-12H2,1H3;1H. The summed E-state index contributed by atoms with van der Waals surface area (Å²) in [5, 5.41) is 13.9. The molecular weight excluding hydrogens is 402 g/mol. The lowest BCUT2D eigenvalue weighted by molar-refractivity contribution is 0.330. The summed E-state index contributed by atoms with van der Waals surface area (Å²) in [4.78, 5) is 15.2. The number of hydrogen-bond acceptors (Lipinski definition) is 6. The van der Waals surface area contributed by atoms with Crippen LogP contribution in [0, 0.1) is 0 Å². The number of fused-ring (bicyclic) bond motifs is 3. The van der Waals surface area contributed by atoms with Crippen LogP contribution in [0.4, 0.5) is 5.95 Å². The minimum absolute atomic E-state index is 0. The van der Waals surface area contributed by atoms with Crippen LogP contribution >= 0.6 is 12.4 Å². The number of H-pyrrole nitrogens is 1. The molecule has 4 aromatic rings. The summed E-state index contributed by atoms with van der Waals surface area (Å²) in [6.45, 7) is 6.12. The van der Waals surface area contributed by atoms with Crippen molar-refractivity contribution in [3.8, 4) is 22.8 Å². The second-order valence-electron chi connectivity index (χ2n) is 7.15. The third-order valence-electron chi connectivity index (χ3n) is 5.28. The SMILES string of the molecule is CCOc1nc(N2CCNCC2)nc2c1[nH]c1cc(-c3ccc(O)cc3)ccc12.Cl. The monoisotopic (exact) mass is 425 g/mol. The molecule has 0 spiro atoms. The Bertz CT molecular complexity index is 1170. The van der Waals surface area contributed by atoms with Crippen LogP contribution in [0.25, 0.3) is 33.1 Å². The Morgan fingerprint density at radius 1 is 1.03 bits per heavy atom. The first-order valence-corrected chi connectivity index (χ1v) is 9.94. The number of aromatic hydroxyl groups is 1. The van der Waals surface area contributed by atoms with Crippen molar-refractivity contribution in [1.29, 1.82) is 0 Å². The third-order valence-corrected chi connectivity index (χ3v) is 5.28. The number of nitrogens with one attached hydrogen (secondary N) is 2. The number of phenolic OH excluding ortho intramolecular Hbond substituents is 1. The maximum absolute atomic E-state index is 9.54. The van der Waals surface area contributed by atoms with E-state index in [1.54, 1.807) is 12.1 Å². The van der Waals surface area contributed by atoms with Gasteiger partial charge in [-0.3, -0.25) is 0 Å². The van der Waals surface area contributed by atoms with Gasteiger partial charge in [0.1, 0.15) is 16.8 Å². The first-order valence-electron chi connectivity index (χ1n) is 9.94. The van der Waals surface area contributed by atoms with Gasteiger partial charge >= 0.3 is 0 Å². The van der Waals surface area contributed by atoms with E-state index in [1.807, 2.05) is 19.1 Å². The number of hydrogen-bond donors (Lipinski definition) is 3. The number of nitrogens with zero attached hydrogens (tertiary/aromatic N) is 3. The van der Waals surface area contributed by atoms with Gasteiger partial charge in [-0.2, -0.15) is 4.98 Å². The third kappa shape index (κ3) is 3.62. The molecule has 3 heterocycles. The van der Waals surface area contributed by atoms with Crippen LogP contribution in [0.15, 0.2) is 42.5 Å². The van der Waals surface area contributed by atoms with E-state index in [2.05, 4.69) is 33.4 Å². The van der Waals surface area contributed by atoms with Gasteiger partial charge in [0.15, 0.2) is 0 Å². The van der Waals surface area contributed by atoms with E-state index < -0.39 is 0 Å². The summed E-state index contributed by atoms with van der Waals surface area (Å²) in [7, 11) is 0. The number of piperazine rings is 1. The van der Waals surface area contributed by atoms with Crippen LogP contribution in [-0.4, -0.2) is 52.8 Å². The predicted molar refractivity (Wildman–Crippen MR) is 122 cm³/mol. The smallest absolute Gasteiger partial charge is 0.243 e. The number of aromatic amines is 1. The summed E-state index contributed by atoms with van der Waals surface area (Å²) in [5.74, 6) is 1.57. The van der Waals surface area contributed by atoms with E-state index in [0.717, 1.165) is 59.2 Å². The molecule has 1 fully saturated rings. The fourth-order valence-electron chi connectivity index (χ4n) is 3.81. The number of rotatable bonds is 4. The van der Waals surface area contributed by atoms with E-state index in [0.29, 0.717) is 18.4 Å². The van der Waals surface area contributed by atoms with Gasteiger partial charge < -0.3 is 25.0 Å². The molecule has 0 radical (unpaired) electrons. The average Bonchev–Trinajstić information content (AvgIpc) is 3.13. The number of aromatic nitrogens is 3. The van der Waals surface area contributed by atoms with Crippen molar-refractivity contribution >= 4 is 40.3 Å². The summed E-state index contributed by atoms with van der Waals surface area (Å²) in [6.07, 6.45) is 0. The lowest BCUT2D eigenvalue weighted by atomic mass is 10.0. The molecule has 0 unspecified atom stereocenters. The average molecular weight is 426 g/mol. The van der Waals surface area contributed by atoms with Crippen LogP contribution in [0.1, 0.15) is 6.92 Å². The number of phenols is 1. The maximum Gasteiger partial charge on any atom is 0.243 e. The molecule has 0 bridgehead atoms. The van der Waals surface area contributed by atoms with Crippen molar-refractivity contribution in [3.05, 3.63) is 42.5 Å². The van der Waals surface area contributed by atoms with Gasteiger partial charge in [-0.05, 0) is 36.2 Å². The Morgan fingerprint density at radius 2 is 1.77 bits per heavy atom. The molecule has 2 aromatic carbocycles. The van der Waals surface area contributed by atoms with E-state index in [4.69, 9.17) is 14.7 Å². The molecule has 1 aliphatic heterocycles. The topological polar surface area (TPSA) is 86.3 Å². The normalized spacial score (nSPS) is 14.1. The lowest BCUT2D eigenvalue weighted by Crippen LogP contribution is -2.44. The van der Waals surface area contributed by atoms with Gasteiger partial charge in [0.2, 0.25) is 11.8 Å². The van der Waals surface area contributed by atoms with Crippen molar-refractivity contribution in [1.82, 2.24) is 20.3 Å². The van der Waals surface area contributed by atoms with Gasteiger partial charge in [0.05, 0.1) is 6.61 Å². The predicted octanol–water partition coefficient (Wildman–Crippen LogP) is 3.71. The van der Waals surface area contributed by atoms with Crippen molar-refractivity contribution in [2.75, 3.05) is 37.7 Å². The molecular formula is C22H24ClN5O2. The zero-order valence-corrected chi connectivity index (χ0v) is 17.5. The number of anilines is 1. The summed E-state index contributed by atoms with van der Waals surface area (Å²) < 4.78 is 5.86. The van der Waals surface area contributed by atoms with E-state index in [9.17, 15) is 5.11 Å². The molecule has 8 heteroatoms. The molecule has 2 aromatic heterocycles. The van der Waals surface area contributed by atoms with Gasteiger partial charge in [0, 0.05) is 37.1 Å². The molecule has 7 nitrogen and oxygen atoms in total. The summed E-state index contributed by atoms with van der Waals surface area (Å²) >= 11 is 0. The maximum atomic E-state index is 9.54. The highest BCUT2D eigenvalue weighted by molar-refractivity contribution is 6.07. The highest BCUT2D eigenvalue weighted by Gasteiger charge is 2.19. The molecule has 0 amide bonds. The molecule has 30 heavy (non-hydrogen) atoms. The van der Waals surface area contributed by atoms with Crippen molar-refractivity contribution in [2.24, 2.45) is 0 Å². The zero-order valence-electron chi connectivity index (χ0n) is 16.7. The van der Waals surface area contributed by atoms with Gasteiger partial charge in [-0.15, -0.1) is 12.4 Å². The van der Waals surface area contributed by atoms with Gasteiger partial charge in [-0.1, -0.05) is 24.3 Å². The molecule has 0 aliphatic carbocycles. The van der Waals surface area contributed by atoms with Crippen molar-refractivity contribution in [3.63, 3.8) is 0 Å². The first-order chi connectivity index (χ1) is 14.2. The largest absolute Gasteiger partial charge is 0.508 e. The van der Waals surface area contributed by atoms with Crippen LogP contribution in [0.5, 0.6) is 11.6 Å². The minimum atomic E-state index is 0. The van der Waals surface area contributed by atoms with E-state index in [-0.39, 0.29) is 18.2 Å². The number of ether oxygens (including phenoxy) is 1. The Balaban J connectivity index is 0.00000218. The quantitative estimate of drug-likeness (QED) is 0.462. The Kier molecular flexibility index (Phi) is 5.65. The molecule has 3 N–H and O–H groups in total. The molecule has 1 aliphatic rings. The van der Waals surface area contributed by atoms with Crippen LogP contribution in [0.2, 0.25) is 0 Å². The zero-order chi connectivity index (χ0) is 19.8. The van der Waals surface area contributed by atoms with Gasteiger partial charge in [0.25, 0.3) is 0 Å². The summed E-state index contributed by atoms with van der Waals surface area (Å²) in [6, 6.07) is 13.5. The molecule has 156 valence electrons. The first kappa shape index (κ1) is 20.3. The van der Waals surface area contributed by atoms with Crippen molar-refractivity contribution in [2.45, 2.75) is 6.92 Å². The molecule has 0 atom stereocenters. The highest BCUT2D eigenvalue weighted by atomic mass is 35.5. The van der Waals surface area contributed by atoms with Crippen LogP contribution in [0.3, 0.4) is 0 Å². The van der Waals surface area contributed by atoms with E-state index >= 15 is 0 Å². The fraction of sp³-hybridized carbons (Fsp3) is 0.273. The second-order valence-corrected chi connectivity index (χ2v) is 7.15. The number of halogens is 1. The van der Waals surface area contributed by atoms with Crippen LogP contribution in [-0.2, 0) is 0 Å². The molecule has 5 rings (SSSR count). The van der Waals surface area contributed by atoms with Crippen LogP contribution < -0.4 is 15.0 Å². The summed E-state index contributed by atoms with van der Waals surface area (Å²) in [5.41, 5.74) is 4.80. The molecule has 0 saturated carbocycles. The minimum Gasteiger partial charge on any atom is -0.508 e. The Labute approximate surface area is 180 Å². The van der Waals surface area contributed by atoms with Crippen molar-refractivity contribution < 1.29 is 9.84 Å². The Morgan fingerprint density at radius 3 is 2.50 bits per heavy atom. The second kappa shape index (κ2) is 8.38. The number of benzene rings is 2. The van der Waals surface area contributed by atoms with Gasteiger partial charge in [-0.25, -0.2) is 4.98 Å². The fourth-order valence-corrected chi connectivity index (χ4v) is 3.81. The lowest BCUT2D eigenvalue weighted by Gasteiger charge is -2.27.